The monoisotopic (exact) mass is 251 g/mol. The second-order valence-electron chi connectivity index (χ2n) is 3.92. The van der Waals surface area contributed by atoms with Crippen LogP contribution in [0.5, 0.6) is 0 Å². The molecule has 0 aliphatic carbocycles. The van der Waals surface area contributed by atoms with E-state index in [1.165, 1.54) is 0 Å². The van der Waals surface area contributed by atoms with Gasteiger partial charge in [-0.3, -0.25) is 0 Å². The summed E-state index contributed by atoms with van der Waals surface area (Å²) in [5.74, 6) is 1.20. The molecule has 0 bridgehead atoms. The number of nitrogens with zero attached hydrogens (tertiary/aromatic N) is 2. The zero-order valence-electron chi connectivity index (χ0n) is 9.77. The molecular formula is C12H14ClN3O. The number of benzene rings is 1. The van der Waals surface area contributed by atoms with Gasteiger partial charge in [0, 0.05) is 23.0 Å². The van der Waals surface area contributed by atoms with E-state index in [-0.39, 0.29) is 0 Å². The molecule has 2 aromatic rings. The molecule has 0 amide bonds. The molecule has 0 aliphatic heterocycles. The van der Waals surface area contributed by atoms with Crippen LogP contribution in [0.3, 0.4) is 0 Å². The summed E-state index contributed by atoms with van der Waals surface area (Å²) < 4.78 is 5.19. The minimum atomic E-state index is 0.308. The third-order valence-corrected chi connectivity index (χ3v) is 2.76. The second kappa shape index (κ2) is 5.29. The molecule has 0 saturated carbocycles. The van der Waals surface area contributed by atoms with Crippen molar-refractivity contribution in [2.24, 2.45) is 0 Å². The average Bonchev–Trinajstić information content (AvgIpc) is 2.77. The Hall–Kier alpha value is -1.39. The number of aromatic nitrogens is 2. The largest absolute Gasteiger partial charge is 0.339 e. The first-order chi connectivity index (χ1) is 8.19. The van der Waals surface area contributed by atoms with Crippen molar-refractivity contribution in [2.75, 3.05) is 7.05 Å². The molecular weight excluding hydrogens is 238 g/mol. The Labute approximate surface area is 105 Å². The summed E-state index contributed by atoms with van der Waals surface area (Å²) in [6, 6.07) is 7.71. The van der Waals surface area contributed by atoms with Crippen LogP contribution in [-0.2, 0) is 6.42 Å². The number of rotatable bonds is 4. The van der Waals surface area contributed by atoms with Crippen LogP contribution in [0, 0.1) is 0 Å². The van der Waals surface area contributed by atoms with Gasteiger partial charge in [0.05, 0.1) is 0 Å². The van der Waals surface area contributed by atoms with Crippen LogP contribution in [0.15, 0.2) is 28.8 Å². The van der Waals surface area contributed by atoms with Crippen LogP contribution in [0.2, 0.25) is 5.02 Å². The molecule has 1 heterocycles. The van der Waals surface area contributed by atoms with Crippen LogP contribution in [0.1, 0.15) is 12.8 Å². The van der Waals surface area contributed by atoms with Crippen LogP contribution >= 0.6 is 11.6 Å². The number of hydrogen-bond acceptors (Lipinski definition) is 4. The van der Waals surface area contributed by atoms with E-state index in [1.54, 1.807) is 0 Å². The maximum absolute atomic E-state index is 5.91. The van der Waals surface area contributed by atoms with Crippen molar-refractivity contribution in [3.63, 3.8) is 0 Å². The molecule has 17 heavy (non-hydrogen) atoms. The highest BCUT2D eigenvalue weighted by atomic mass is 35.5. The standard InChI is InChI=1S/C12H14ClN3O/c1-8(14-2)6-11-15-12(16-17-11)9-4-3-5-10(13)7-9/h3-5,7-8,14H,6H2,1-2H3. The third-order valence-electron chi connectivity index (χ3n) is 2.52. The van der Waals surface area contributed by atoms with Gasteiger partial charge in [-0.05, 0) is 26.1 Å². The summed E-state index contributed by atoms with van der Waals surface area (Å²) in [7, 11) is 1.90. The smallest absolute Gasteiger partial charge is 0.228 e. The molecule has 5 heteroatoms. The first-order valence-corrected chi connectivity index (χ1v) is 5.82. The van der Waals surface area contributed by atoms with Crippen molar-refractivity contribution in [1.29, 1.82) is 0 Å². The Kier molecular flexibility index (Phi) is 3.76. The first-order valence-electron chi connectivity index (χ1n) is 5.45. The summed E-state index contributed by atoms with van der Waals surface area (Å²) in [4.78, 5) is 4.33. The molecule has 2 rings (SSSR count). The van der Waals surface area contributed by atoms with E-state index in [2.05, 4.69) is 22.4 Å². The van der Waals surface area contributed by atoms with Gasteiger partial charge in [-0.25, -0.2) is 0 Å². The molecule has 4 nitrogen and oxygen atoms in total. The van der Waals surface area contributed by atoms with Crippen molar-refractivity contribution in [3.8, 4) is 11.4 Å². The normalized spacial score (nSPS) is 12.6. The van der Waals surface area contributed by atoms with E-state index in [4.69, 9.17) is 16.1 Å². The van der Waals surface area contributed by atoms with Crippen molar-refractivity contribution >= 4 is 11.6 Å². The predicted octanol–water partition coefficient (Wildman–Crippen LogP) is 2.54. The summed E-state index contributed by atoms with van der Waals surface area (Å²) in [6.45, 7) is 2.06. The van der Waals surface area contributed by atoms with Gasteiger partial charge in [-0.1, -0.05) is 28.9 Å². The highest BCUT2D eigenvalue weighted by molar-refractivity contribution is 6.30. The summed E-state index contributed by atoms with van der Waals surface area (Å²) >= 11 is 5.91. The van der Waals surface area contributed by atoms with E-state index >= 15 is 0 Å². The number of nitrogens with one attached hydrogen (secondary N) is 1. The lowest BCUT2D eigenvalue weighted by Gasteiger charge is -2.04. The third kappa shape index (κ3) is 3.05. The fraction of sp³-hybridized carbons (Fsp3) is 0.333. The van der Waals surface area contributed by atoms with Gasteiger partial charge in [-0.15, -0.1) is 0 Å². The fourth-order valence-electron chi connectivity index (χ4n) is 1.45. The van der Waals surface area contributed by atoms with Gasteiger partial charge in [0.1, 0.15) is 0 Å². The Morgan fingerprint density at radius 2 is 2.29 bits per heavy atom. The second-order valence-corrected chi connectivity index (χ2v) is 4.35. The van der Waals surface area contributed by atoms with E-state index < -0.39 is 0 Å². The van der Waals surface area contributed by atoms with Gasteiger partial charge in [0.15, 0.2) is 0 Å². The van der Waals surface area contributed by atoms with E-state index in [1.807, 2.05) is 31.3 Å². The maximum Gasteiger partial charge on any atom is 0.228 e. The average molecular weight is 252 g/mol. The van der Waals surface area contributed by atoms with Crippen molar-refractivity contribution < 1.29 is 4.52 Å². The van der Waals surface area contributed by atoms with Crippen LogP contribution in [0.4, 0.5) is 0 Å². The van der Waals surface area contributed by atoms with E-state index in [0.29, 0.717) is 29.2 Å². The minimum absolute atomic E-state index is 0.308. The number of halogens is 1. The molecule has 0 fully saturated rings. The maximum atomic E-state index is 5.91. The van der Waals surface area contributed by atoms with Crippen molar-refractivity contribution in [1.82, 2.24) is 15.5 Å². The molecule has 1 N–H and O–H groups in total. The zero-order chi connectivity index (χ0) is 12.3. The molecule has 1 atom stereocenters. The molecule has 90 valence electrons. The lowest BCUT2D eigenvalue weighted by atomic mass is 10.2. The highest BCUT2D eigenvalue weighted by Crippen LogP contribution is 2.20. The van der Waals surface area contributed by atoms with Crippen LogP contribution < -0.4 is 5.32 Å². The Bertz CT molecular complexity index is 498. The number of hydrogen-bond donors (Lipinski definition) is 1. The van der Waals surface area contributed by atoms with Crippen molar-refractivity contribution in [2.45, 2.75) is 19.4 Å². The van der Waals surface area contributed by atoms with E-state index in [0.717, 1.165) is 5.56 Å². The van der Waals surface area contributed by atoms with Gasteiger partial charge in [-0.2, -0.15) is 4.98 Å². The van der Waals surface area contributed by atoms with Crippen LogP contribution in [0.25, 0.3) is 11.4 Å². The molecule has 0 radical (unpaired) electrons. The fourth-order valence-corrected chi connectivity index (χ4v) is 1.64. The zero-order valence-corrected chi connectivity index (χ0v) is 10.5. The highest BCUT2D eigenvalue weighted by Gasteiger charge is 2.11. The summed E-state index contributed by atoms with van der Waals surface area (Å²) in [5.41, 5.74) is 0.865. The molecule has 0 spiro atoms. The minimum Gasteiger partial charge on any atom is -0.339 e. The molecule has 0 saturated heterocycles. The number of likely N-dealkylation sites (N-methyl/N-ethyl adjacent to an activating group) is 1. The lowest BCUT2D eigenvalue weighted by molar-refractivity contribution is 0.365. The molecule has 0 aliphatic rings. The van der Waals surface area contributed by atoms with Gasteiger partial charge < -0.3 is 9.84 Å². The quantitative estimate of drug-likeness (QED) is 0.907. The topological polar surface area (TPSA) is 51.0 Å². The molecule has 1 aromatic heterocycles. The Morgan fingerprint density at radius 1 is 1.47 bits per heavy atom. The van der Waals surface area contributed by atoms with Gasteiger partial charge in [0.2, 0.25) is 11.7 Å². The predicted molar refractivity (Wildman–Crippen MR) is 67.0 cm³/mol. The Balaban J connectivity index is 2.18. The van der Waals surface area contributed by atoms with Gasteiger partial charge >= 0.3 is 0 Å². The molecule has 1 unspecified atom stereocenters. The molecule has 1 aromatic carbocycles. The summed E-state index contributed by atoms with van der Waals surface area (Å²) in [5, 5.41) is 7.73. The first kappa shape index (κ1) is 12.1. The van der Waals surface area contributed by atoms with E-state index in [9.17, 15) is 0 Å². The summed E-state index contributed by atoms with van der Waals surface area (Å²) in [6.07, 6.45) is 0.712. The van der Waals surface area contributed by atoms with Crippen molar-refractivity contribution in [3.05, 3.63) is 35.2 Å². The van der Waals surface area contributed by atoms with Gasteiger partial charge in [0.25, 0.3) is 0 Å². The Morgan fingerprint density at radius 3 is 3.00 bits per heavy atom. The van der Waals surface area contributed by atoms with Crippen LogP contribution in [-0.4, -0.2) is 23.2 Å². The SMILES string of the molecule is CNC(C)Cc1nc(-c2cccc(Cl)c2)no1. The lowest BCUT2D eigenvalue weighted by Crippen LogP contribution is -2.23.